The second-order valence-corrected chi connectivity index (χ2v) is 15.0. The second-order valence-electron chi connectivity index (χ2n) is 13.9. The molecule has 1 saturated heterocycles. The Bertz CT molecular complexity index is 2250. The minimum Gasteiger partial charge on any atom is -0.453 e. The van der Waals surface area contributed by atoms with E-state index < -0.39 is 18.2 Å². The zero-order chi connectivity index (χ0) is 39.1. The molecule has 5 N–H and O–H groups in total. The number of fused-ring (bicyclic) bond motifs is 1. The molecule has 6 rings (SSSR count). The third kappa shape index (κ3) is 9.52. The van der Waals surface area contributed by atoms with Crippen LogP contribution in [0.25, 0.3) is 11.0 Å². The van der Waals surface area contributed by atoms with Crippen LogP contribution in [0.4, 0.5) is 27.7 Å². The van der Waals surface area contributed by atoms with Gasteiger partial charge in [-0.25, -0.2) is 19.7 Å². The summed E-state index contributed by atoms with van der Waals surface area (Å²) in [4.78, 5) is 55.9. The van der Waals surface area contributed by atoms with Gasteiger partial charge < -0.3 is 31.3 Å². The number of rotatable bonds is 10. The van der Waals surface area contributed by atoms with Crippen molar-refractivity contribution in [2.24, 2.45) is 5.92 Å². The molecular formula is C42H44N8O4S. The van der Waals surface area contributed by atoms with Gasteiger partial charge in [0.05, 0.1) is 18.2 Å². The molecule has 2 atom stereocenters. The third-order valence-electron chi connectivity index (χ3n) is 9.18. The van der Waals surface area contributed by atoms with Crippen LogP contribution in [0.1, 0.15) is 63.3 Å². The van der Waals surface area contributed by atoms with Gasteiger partial charge in [0, 0.05) is 44.5 Å². The van der Waals surface area contributed by atoms with Crippen LogP contribution < -0.4 is 21.7 Å². The molecule has 1 aliphatic heterocycles. The van der Waals surface area contributed by atoms with Gasteiger partial charge >= 0.3 is 6.09 Å². The fourth-order valence-electron chi connectivity index (χ4n) is 6.15. The third-order valence-corrected chi connectivity index (χ3v) is 10.3. The number of benzene rings is 3. The van der Waals surface area contributed by atoms with Crippen molar-refractivity contribution in [3.05, 3.63) is 102 Å². The molecule has 2 unspecified atom stereocenters. The number of hydrogen-bond donors (Lipinski definition) is 4. The van der Waals surface area contributed by atoms with Gasteiger partial charge in [0.2, 0.25) is 11.8 Å². The quantitative estimate of drug-likeness (QED) is 0.0838. The van der Waals surface area contributed by atoms with Crippen molar-refractivity contribution in [3.8, 4) is 11.8 Å². The molecule has 55 heavy (non-hydrogen) atoms. The molecule has 0 saturated carbocycles. The van der Waals surface area contributed by atoms with E-state index in [9.17, 15) is 14.4 Å². The first-order valence-electron chi connectivity index (χ1n) is 18.1. The predicted octanol–water partition coefficient (Wildman–Crippen LogP) is 7.34. The Morgan fingerprint density at radius 3 is 2.36 bits per heavy atom. The Labute approximate surface area is 325 Å². The molecule has 3 heterocycles. The van der Waals surface area contributed by atoms with Crippen molar-refractivity contribution in [1.29, 1.82) is 0 Å². The van der Waals surface area contributed by atoms with Gasteiger partial charge in [-0.2, -0.15) is 0 Å². The first kappa shape index (κ1) is 38.6. The molecule has 0 aliphatic carbocycles. The van der Waals surface area contributed by atoms with Crippen molar-refractivity contribution in [3.63, 3.8) is 0 Å². The van der Waals surface area contributed by atoms with E-state index in [1.807, 2.05) is 80.6 Å². The smallest absolute Gasteiger partial charge is 0.407 e. The fourth-order valence-corrected chi connectivity index (χ4v) is 7.03. The minimum absolute atomic E-state index is 0.187. The van der Waals surface area contributed by atoms with E-state index >= 15 is 0 Å². The molecule has 1 aliphatic rings. The number of hydrogen-bond acceptors (Lipinski definition) is 10. The molecule has 13 heteroatoms. The topological polar surface area (TPSA) is 164 Å². The average molecular weight is 757 g/mol. The summed E-state index contributed by atoms with van der Waals surface area (Å²) in [6, 6.07) is 23.5. The highest BCUT2D eigenvalue weighted by molar-refractivity contribution is 7.99. The number of methoxy groups -OCH3 is 1. The van der Waals surface area contributed by atoms with Crippen LogP contribution in [-0.4, -0.2) is 63.5 Å². The maximum atomic E-state index is 13.4. The lowest BCUT2D eigenvalue weighted by atomic mass is 10.0. The summed E-state index contributed by atoms with van der Waals surface area (Å²) in [7, 11) is 1.25. The first-order valence-corrected chi connectivity index (χ1v) is 18.9. The highest BCUT2D eigenvalue weighted by atomic mass is 32.2. The number of ether oxygens (including phenoxy) is 1. The predicted molar refractivity (Wildman–Crippen MR) is 216 cm³/mol. The summed E-state index contributed by atoms with van der Waals surface area (Å²) in [6.07, 6.45) is 2.04. The average Bonchev–Trinajstić information content (AvgIpc) is 3.68. The van der Waals surface area contributed by atoms with Crippen LogP contribution in [0.2, 0.25) is 0 Å². The van der Waals surface area contributed by atoms with Gasteiger partial charge in [-0.3, -0.25) is 9.59 Å². The highest BCUT2D eigenvalue weighted by Gasteiger charge is 2.38. The van der Waals surface area contributed by atoms with E-state index in [1.165, 1.54) is 13.4 Å². The lowest BCUT2D eigenvalue weighted by Crippen LogP contribution is -2.54. The van der Waals surface area contributed by atoms with E-state index in [1.54, 1.807) is 28.8 Å². The summed E-state index contributed by atoms with van der Waals surface area (Å²) in [5.74, 6) is 6.63. The Kier molecular flexibility index (Phi) is 12.2. The number of carbonyl (C=O) groups excluding carboxylic acids is 3. The Hall–Kier alpha value is -6.13. The molecule has 5 aromatic rings. The first-order chi connectivity index (χ1) is 26.5. The zero-order valence-electron chi connectivity index (χ0n) is 31.4. The number of likely N-dealkylation sites (tertiary alicyclic amines) is 1. The van der Waals surface area contributed by atoms with Gasteiger partial charge in [0.25, 0.3) is 0 Å². The Morgan fingerprint density at radius 2 is 1.65 bits per heavy atom. The number of amides is 3. The minimum atomic E-state index is -0.799. The molecule has 2 aromatic heterocycles. The molecule has 3 aromatic carbocycles. The van der Waals surface area contributed by atoms with Crippen LogP contribution in [0.3, 0.4) is 0 Å². The summed E-state index contributed by atoms with van der Waals surface area (Å²) >= 11 is 1.60. The number of alkyl carbamates (subject to hydrolysis) is 1. The van der Waals surface area contributed by atoms with Gasteiger partial charge in [-0.15, -0.1) is 0 Å². The molecule has 12 nitrogen and oxygen atoms in total. The number of aromatic nitrogens is 3. The molecule has 1 fully saturated rings. The van der Waals surface area contributed by atoms with Crippen molar-refractivity contribution >= 4 is 63.6 Å². The SMILES string of the molecule is COC(=O)NC(C(=O)N1CCCC1C(=O)Nc1ccc(C#Cc2ccc(Sc3ccc(N)cc3)c(Nc3ncnc4nc(C(C)C)ccc34)c2)cc1)C(C)C. The summed E-state index contributed by atoms with van der Waals surface area (Å²) in [5.41, 5.74) is 11.2. The fraction of sp³-hybridized carbons (Fsp3) is 0.286. The number of nitrogens with zero attached hydrogens (tertiary/aromatic N) is 4. The van der Waals surface area contributed by atoms with E-state index in [0.29, 0.717) is 42.2 Å². The van der Waals surface area contributed by atoms with Gasteiger partial charge in [0.1, 0.15) is 24.2 Å². The molecule has 3 amide bonds. The van der Waals surface area contributed by atoms with Gasteiger partial charge in [-0.1, -0.05) is 51.3 Å². The van der Waals surface area contributed by atoms with Crippen molar-refractivity contribution in [2.75, 3.05) is 30.0 Å². The maximum Gasteiger partial charge on any atom is 0.407 e. The highest BCUT2D eigenvalue weighted by Crippen LogP contribution is 2.37. The second kappa shape index (κ2) is 17.3. The van der Waals surface area contributed by atoms with E-state index in [4.69, 9.17) is 15.5 Å². The number of carbonyl (C=O) groups is 3. The van der Waals surface area contributed by atoms with Crippen LogP contribution >= 0.6 is 11.8 Å². The van der Waals surface area contributed by atoms with Crippen molar-refractivity contribution in [1.82, 2.24) is 25.2 Å². The number of nitrogen functional groups attached to an aromatic ring is 1. The number of nitrogens with one attached hydrogen (secondary N) is 3. The monoisotopic (exact) mass is 756 g/mol. The van der Waals surface area contributed by atoms with Crippen molar-refractivity contribution in [2.45, 2.75) is 68.3 Å². The standard InChI is InChI=1S/C42H44N8O4S/c1-25(2)33-20-19-32-38(47-33)44-24-45-39(32)48-34-23-28(12-21-36(34)55-31-17-13-29(43)14-18-31)9-8-27-10-15-30(16-11-27)46-40(51)35-7-6-22-50(35)41(52)37(26(3)4)49-42(53)54-5/h10-21,23-26,35,37H,6-7,22,43H2,1-5H3,(H,46,51)(H,49,53)(H,44,45,47,48). The Balaban J connectivity index is 1.19. The lowest BCUT2D eigenvalue weighted by Gasteiger charge is -2.30. The normalized spacial score (nSPS) is 14.3. The molecule has 282 valence electrons. The van der Waals surface area contributed by atoms with Gasteiger partial charge in [-0.05, 0) is 104 Å². The van der Waals surface area contributed by atoms with E-state index in [2.05, 4.69) is 51.6 Å². The van der Waals surface area contributed by atoms with Crippen LogP contribution in [0, 0.1) is 17.8 Å². The largest absolute Gasteiger partial charge is 0.453 e. The number of nitrogens with two attached hydrogens (primary N) is 1. The Morgan fingerprint density at radius 1 is 0.927 bits per heavy atom. The van der Waals surface area contributed by atoms with E-state index in [0.717, 1.165) is 37.7 Å². The number of pyridine rings is 1. The van der Waals surface area contributed by atoms with Crippen LogP contribution in [0.15, 0.2) is 95.0 Å². The van der Waals surface area contributed by atoms with Gasteiger partial charge in [0.15, 0.2) is 5.65 Å². The van der Waals surface area contributed by atoms with Crippen molar-refractivity contribution < 1.29 is 19.1 Å². The summed E-state index contributed by atoms with van der Waals surface area (Å²) in [5, 5.41) is 9.88. The maximum absolute atomic E-state index is 13.4. The lowest BCUT2D eigenvalue weighted by molar-refractivity contribution is -0.139. The zero-order valence-corrected chi connectivity index (χ0v) is 32.2. The molecular weight excluding hydrogens is 713 g/mol. The molecule has 0 spiro atoms. The summed E-state index contributed by atoms with van der Waals surface area (Å²) < 4.78 is 4.70. The summed E-state index contributed by atoms with van der Waals surface area (Å²) in [6.45, 7) is 8.30. The van der Waals surface area contributed by atoms with E-state index in [-0.39, 0.29) is 23.7 Å². The molecule has 0 radical (unpaired) electrons. The number of anilines is 4. The van der Waals surface area contributed by atoms with Crippen LogP contribution in [-0.2, 0) is 14.3 Å². The van der Waals surface area contributed by atoms with Crippen LogP contribution in [0.5, 0.6) is 0 Å². The molecule has 0 bridgehead atoms.